The van der Waals surface area contributed by atoms with Gasteiger partial charge in [0.2, 0.25) is 11.8 Å². The van der Waals surface area contributed by atoms with Crippen LogP contribution in [0.15, 0.2) is 6.07 Å². The van der Waals surface area contributed by atoms with Crippen molar-refractivity contribution in [3.05, 3.63) is 17.2 Å². The Bertz CT molecular complexity index is 408. The van der Waals surface area contributed by atoms with E-state index in [-0.39, 0.29) is 5.56 Å². The Labute approximate surface area is 72.3 Å². The minimum Gasteiger partial charge on any atom is -0.493 e. The molecule has 0 fully saturated rings. The van der Waals surface area contributed by atoms with Gasteiger partial charge >= 0.3 is 5.97 Å². The number of carboxylic acid groups (broad SMARTS) is 1. The molecular formula is C7H4N2O4. The number of hydrogen-bond donors (Lipinski definition) is 3. The van der Waals surface area contributed by atoms with Crippen molar-refractivity contribution in [1.29, 1.82) is 5.26 Å². The molecular weight excluding hydrogens is 176 g/mol. The number of pyridine rings is 1. The molecule has 1 heterocycles. The van der Waals surface area contributed by atoms with Crippen molar-refractivity contribution in [3.8, 4) is 17.8 Å². The molecule has 3 N–H and O–H groups in total. The van der Waals surface area contributed by atoms with E-state index in [9.17, 15) is 4.79 Å². The number of aromatic hydroxyl groups is 2. The molecule has 0 radical (unpaired) electrons. The van der Waals surface area contributed by atoms with E-state index >= 15 is 0 Å². The van der Waals surface area contributed by atoms with E-state index < -0.39 is 23.3 Å². The molecule has 0 amide bonds. The van der Waals surface area contributed by atoms with Crippen LogP contribution in [-0.2, 0) is 0 Å². The molecule has 66 valence electrons. The summed E-state index contributed by atoms with van der Waals surface area (Å²) in [5.41, 5.74) is -0.815. The lowest BCUT2D eigenvalue weighted by molar-refractivity contribution is 0.0692. The third-order valence-electron chi connectivity index (χ3n) is 1.33. The van der Waals surface area contributed by atoms with Crippen LogP contribution in [0.5, 0.6) is 11.8 Å². The number of carbonyl (C=O) groups is 1. The Morgan fingerprint density at radius 3 is 2.54 bits per heavy atom. The van der Waals surface area contributed by atoms with Gasteiger partial charge in [0.15, 0.2) is 0 Å². The summed E-state index contributed by atoms with van der Waals surface area (Å²) in [6.07, 6.45) is 0. The normalized spacial score (nSPS) is 9.15. The molecule has 0 aliphatic rings. The highest BCUT2D eigenvalue weighted by Gasteiger charge is 2.15. The van der Waals surface area contributed by atoms with Crippen molar-refractivity contribution in [1.82, 2.24) is 4.98 Å². The summed E-state index contributed by atoms with van der Waals surface area (Å²) in [4.78, 5) is 13.5. The summed E-state index contributed by atoms with van der Waals surface area (Å²) >= 11 is 0. The van der Waals surface area contributed by atoms with Gasteiger partial charge in [0.25, 0.3) is 0 Å². The Kier molecular flexibility index (Phi) is 2.02. The third-order valence-corrected chi connectivity index (χ3v) is 1.33. The van der Waals surface area contributed by atoms with Crippen molar-refractivity contribution in [2.75, 3.05) is 0 Å². The van der Waals surface area contributed by atoms with Gasteiger partial charge in [0, 0.05) is 0 Å². The maximum absolute atomic E-state index is 10.4. The van der Waals surface area contributed by atoms with Crippen molar-refractivity contribution in [2.45, 2.75) is 0 Å². The first-order valence-electron chi connectivity index (χ1n) is 3.12. The number of nitrogens with zero attached hydrogens (tertiary/aromatic N) is 2. The van der Waals surface area contributed by atoms with Crippen molar-refractivity contribution < 1.29 is 20.1 Å². The molecule has 6 heteroatoms. The lowest BCUT2D eigenvalue weighted by Gasteiger charge is -1.99. The highest BCUT2D eigenvalue weighted by molar-refractivity contribution is 5.90. The fourth-order valence-corrected chi connectivity index (χ4v) is 0.734. The Balaban J connectivity index is 3.41. The van der Waals surface area contributed by atoms with Crippen molar-refractivity contribution in [3.63, 3.8) is 0 Å². The average molecular weight is 180 g/mol. The zero-order valence-electron chi connectivity index (χ0n) is 6.22. The molecule has 1 aromatic heterocycles. The van der Waals surface area contributed by atoms with Gasteiger partial charge in [-0.15, -0.1) is 0 Å². The number of carboxylic acids is 1. The summed E-state index contributed by atoms with van der Waals surface area (Å²) in [6.45, 7) is 0. The Morgan fingerprint density at radius 2 is 2.08 bits per heavy atom. The van der Waals surface area contributed by atoms with Gasteiger partial charge in [-0.05, 0) is 6.07 Å². The van der Waals surface area contributed by atoms with Crippen molar-refractivity contribution in [2.24, 2.45) is 0 Å². The third kappa shape index (κ3) is 1.49. The summed E-state index contributed by atoms with van der Waals surface area (Å²) < 4.78 is 0. The second-order valence-corrected chi connectivity index (χ2v) is 2.15. The van der Waals surface area contributed by atoms with Crippen LogP contribution >= 0.6 is 0 Å². The Morgan fingerprint density at radius 1 is 1.46 bits per heavy atom. The van der Waals surface area contributed by atoms with Crippen LogP contribution < -0.4 is 0 Å². The molecule has 0 spiro atoms. The van der Waals surface area contributed by atoms with Gasteiger partial charge in [-0.1, -0.05) is 0 Å². The number of aromatic nitrogens is 1. The second kappa shape index (κ2) is 2.98. The van der Waals surface area contributed by atoms with Crippen molar-refractivity contribution >= 4 is 5.97 Å². The van der Waals surface area contributed by atoms with Gasteiger partial charge in [0.05, 0.1) is 0 Å². The number of nitriles is 1. The highest BCUT2D eigenvalue weighted by atomic mass is 16.4. The molecule has 0 unspecified atom stereocenters. The van der Waals surface area contributed by atoms with Crippen LogP contribution in [0.4, 0.5) is 0 Å². The molecule has 6 nitrogen and oxygen atoms in total. The highest BCUT2D eigenvalue weighted by Crippen LogP contribution is 2.21. The first-order valence-corrected chi connectivity index (χ1v) is 3.12. The van der Waals surface area contributed by atoms with Gasteiger partial charge in [-0.3, -0.25) is 0 Å². The predicted molar refractivity (Wildman–Crippen MR) is 39.2 cm³/mol. The first-order chi connectivity index (χ1) is 6.06. The molecule has 0 saturated heterocycles. The molecule has 0 aromatic carbocycles. The zero-order valence-corrected chi connectivity index (χ0v) is 6.22. The van der Waals surface area contributed by atoms with Gasteiger partial charge in [0.1, 0.15) is 17.2 Å². The quantitative estimate of drug-likeness (QED) is 0.563. The van der Waals surface area contributed by atoms with Crippen LogP contribution in [0.1, 0.15) is 15.9 Å². The van der Waals surface area contributed by atoms with Gasteiger partial charge < -0.3 is 15.3 Å². The molecule has 0 bridgehead atoms. The molecule has 0 aliphatic heterocycles. The van der Waals surface area contributed by atoms with Gasteiger partial charge in [-0.2, -0.15) is 10.2 Å². The summed E-state index contributed by atoms with van der Waals surface area (Å²) in [5.74, 6) is -2.92. The minimum absolute atomic E-state index is 0.296. The number of aromatic carboxylic acids is 1. The average Bonchev–Trinajstić information content (AvgIpc) is 2.03. The Hall–Kier alpha value is -2.29. The summed E-state index contributed by atoms with van der Waals surface area (Å²) in [6, 6.07) is 2.38. The van der Waals surface area contributed by atoms with Crippen LogP contribution in [0, 0.1) is 11.3 Å². The maximum Gasteiger partial charge on any atom is 0.341 e. The number of rotatable bonds is 1. The molecule has 1 rings (SSSR count). The zero-order chi connectivity index (χ0) is 10.0. The molecule has 1 aromatic rings. The van der Waals surface area contributed by atoms with Crippen LogP contribution in [-0.4, -0.2) is 26.3 Å². The fourth-order valence-electron chi connectivity index (χ4n) is 0.734. The summed E-state index contributed by atoms with van der Waals surface area (Å²) in [5, 5.41) is 34.7. The van der Waals surface area contributed by atoms with E-state index in [4.69, 9.17) is 20.6 Å². The number of hydrogen-bond acceptors (Lipinski definition) is 5. The fraction of sp³-hybridized carbons (Fsp3) is 0. The van der Waals surface area contributed by atoms with E-state index in [0.717, 1.165) is 6.07 Å². The minimum atomic E-state index is -1.42. The van der Waals surface area contributed by atoms with Crippen LogP contribution in [0.3, 0.4) is 0 Å². The monoisotopic (exact) mass is 180 g/mol. The standard InChI is InChI=1S/C7H4N2O4/c8-2-3-1-4(7(12)13)6(11)9-5(3)10/h1H,(H,12,13)(H2,9,10,11). The lowest BCUT2D eigenvalue weighted by atomic mass is 10.2. The molecule has 0 atom stereocenters. The second-order valence-electron chi connectivity index (χ2n) is 2.15. The van der Waals surface area contributed by atoms with Crippen LogP contribution in [0.2, 0.25) is 0 Å². The molecule has 0 saturated carbocycles. The maximum atomic E-state index is 10.4. The molecule has 0 aliphatic carbocycles. The lowest BCUT2D eigenvalue weighted by Crippen LogP contribution is -1.99. The smallest absolute Gasteiger partial charge is 0.341 e. The molecule has 13 heavy (non-hydrogen) atoms. The van der Waals surface area contributed by atoms with E-state index in [1.54, 1.807) is 0 Å². The van der Waals surface area contributed by atoms with E-state index in [0.29, 0.717) is 0 Å². The van der Waals surface area contributed by atoms with Gasteiger partial charge in [-0.25, -0.2) is 4.79 Å². The first kappa shape index (κ1) is 8.80. The van der Waals surface area contributed by atoms with E-state index in [2.05, 4.69) is 4.98 Å². The topological polar surface area (TPSA) is 114 Å². The SMILES string of the molecule is N#Cc1cc(C(=O)O)c(O)nc1O. The van der Waals surface area contributed by atoms with E-state index in [1.807, 2.05) is 0 Å². The predicted octanol–water partition coefficient (Wildman–Crippen LogP) is 0.0627. The van der Waals surface area contributed by atoms with Crippen LogP contribution in [0.25, 0.3) is 0 Å². The largest absolute Gasteiger partial charge is 0.493 e. The summed E-state index contributed by atoms with van der Waals surface area (Å²) in [7, 11) is 0. The van der Waals surface area contributed by atoms with E-state index in [1.165, 1.54) is 6.07 Å².